The average Bonchev–Trinajstić information content (AvgIpc) is 3.05. The molecule has 28 heavy (non-hydrogen) atoms. The molecule has 1 aliphatic carbocycles. The number of hydrogen-bond acceptors (Lipinski definition) is 7. The Balaban J connectivity index is 2.06. The van der Waals surface area contributed by atoms with Gasteiger partial charge in [0.05, 0.1) is 12.5 Å². The largest absolute Gasteiger partial charge is 0.465 e. The fourth-order valence-electron chi connectivity index (χ4n) is 3.42. The van der Waals surface area contributed by atoms with E-state index in [1.54, 1.807) is 20.0 Å². The Morgan fingerprint density at radius 1 is 1.32 bits per heavy atom. The highest BCUT2D eigenvalue weighted by Crippen LogP contribution is 2.33. The summed E-state index contributed by atoms with van der Waals surface area (Å²) in [6, 6.07) is 0. The molecule has 0 bridgehead atoms. The molecule has 2 rings (SSSR count). The number of rotatable bonds is 7. The monoisotopic (exact) mass is 393 g/mol. The van der Waals surface area contributed by atoms with Crippen molar-refractivity contribution in [2.75, 3.05) is 18.5 Å². The highest BCUT2D eigenvalue weighted by Gasteiger charge is 2.35. The summed E-state index contributed by atoms with van der Waals surface area (Å²) in [5.74, 6) is -0.585. The SMILES string of the molecule is CCOC(=O)Cn1c(C)cnc(NCC2CCCC2C(=O)OC(C)(C)C)c1=O. The second-order valence-electron chi connectivity index (χ2n) is 8.16. The quantitative estimate of drug-likeness (QED) is 0.710. The maximum Gasteiger partial charge on any atom is 0.326 e. The van der Waals surface area contributed by atoms with Crippen molar-refractivity contribution in [1.82, 2.24) is 9.55 Å². The molecule has 2 unspecified atom stereocenters. The van der Waals surface area contributed by atoms with Gasteiger partial charge in [0.2, 0.25) is 0 Å². The third-order valence-electron chi connectivity index (χ3n) is 4.75. The number of aromatic nitrogens is 2. The molecule has 1 aromatic rings. The van der Waals surface area contributed by atoms with E-state index in [-0.39, 0.29) is 42.3 Å². The van der Waals surface area contributed by atoms with Gasteiger partial charge in [-0.25, -0.2) is 4.98 Å². The Hall–Kier alpha value is -2.38. The third-order valence-corrected chi connectivity index (χ3v) is 4.75. The summed E-state index contributed by atoms with van der Waals surface area (Å²) in [6.45, 7) is 9.56. The first-order chi connectivity index (χ1) is 13.1. The van der Waals surface area contributed by atoms with Crippen molar-refractivity contribution in [2.45, 2.75) is 66.0 Å². The van der Waals surface area contributed by atoms with Crippen LogP contribution in [0.1, 0.15) is 52.7 Å². The van der Waals surface area contributed by atoms with Crippen molar-refractivity contribution in [3.8, 4) is 0 Å². The Morgan fingerprint density at radius 2 is 2.04 bits per heavy atom. The van der Waals surface area contributed by atoms with Crippen LogP contribution in [0.4, 0.5) is 5.82 Å². The molecule has 0 spiro atoms. The maximum atomic E-state index is 12.7. The summed E-state index contributed by atoms with van der Waals surface area (Å²) in [7, 11) is 0. The lowest BCUT2D eigenvalue weighted by atomic mass is 9.96. The second kappa shape index (κ2) is 9.21. The Kier molecular flexibility index (Phi) is 7.21. The molecule has 0 saturated heterocycles. The molecule has 8 nitrogen and oxygen atoms in total. The first-order valence-electron chi connectivity index (χ1n) is 9.81. The van der Waals surface area contributed by atoms with Crippen molar-refractivity contribution < 1.29 is 19.1 Å². The molecule has 0 aromatic carbocycles. The predicted molar refractivity (Wildman–Crippen MR) is 105 cm³/mol. The summed E-state index contributed by atoms with van der Waals surface area (Å²) < 4.78 is 11.8. The van der Waals surface area contributed by atoms with Gasteiger partial charge in [0.25, 0.3) is 5.56 Å². The van der Waals surface area contributed by atoms with Crippen LogP contribution in [0.25, 0.3) is 0 Å². The van der Waals surface area contributed by atoms with E-state index in [1.807, 2.05) is 20.8 Å². The Labute approximate surface area is 165 Å². The zero-order valence-electron chi connectivity index (χ0n) is 17.4. The van der Waals surface area contributed by atoms with Gasteiger partial charge >= 0.3 is 11.9 Å². The van der Waals surface area contributed by atoms with E-state index in [2.05, 4.69) is 10.3 Å². The zero-order valence-corrected chi connectivity index (χ0v) is 17.4. The molecule has 156 valence electrons. The molecule has 0 aliphatic heterocycles. The average molecular weight is 393 g/mol. The minimum Gasteiger partial charge on any atom is -0.465 e. The van der Waals surface area contributed by atoms with Crippen LogP contribution >= 0.6 is 0 Å². The van der Waals surface area contributed by atoms with E-state index in [0.29, 0.717) is 12.2 Å². The van der Waals surface area contributed by atoms with Gasteiger partial charge in [0.15, 0.2) is 5.82 Å². The van der Waals surface area contributed by atoms with E-state index < -0.39 is 11.6 Å². The minimum absolute atomic E-state index is 0.0795. The van der Waals surface area contributed by atoms with Crippen LogP contribution < -0.4 is 10.9 Å². The normalized spacial score (nSPS) is 19.3. The summed E-state index contributed by atoms with van der Waals surface area (Å²) in [6.07, 6.45) is 4.17. The van der Waals surface area contributed by atoms with E-state index in [0.717, 1.165) is 19.3 Å². The van der Waals surface area contributed by atoms with Gasteiger partial charge < -0.3 is 14.8 Å². The van der Waals surface area contributed by atoms with Crippen LogP contribution in [-0.2, 0) is 25.6 Å². The number of nitrogens with zero attached hydrogens (tertiary/aromatic N) is 2. The molecule has 8 heteroatoms. The van der Waals surface area contributed by atoms with Gasteiger partial charge in [-0.15, -0.1) is 0 Å². The summed E-state index contributed by atoms with van der Waals surface area (Å²) in [5.41, 5.74) is -0.312. The molecule has 1 saturated carbocycles. The number of esters is 2. The molecule has 1 N–H and O–H groups in total. The predicted octanol–water partition coefficient (Wildman–Crippen LogP) is 2.28. The van der Waals surface area contributed by atoms with Crippen LogP contribution in [0, 0.1) is 18.8 Å². The molecule has 1 fully saturated rings. The van der Waals surface area contributed by atoms with Gasteiger partial charge in [0.1, 0.15) is 12.1 Å². The molecule has 1 heterocycles. The first kappa shape index (κ1) is 21.9. The zero-order chi connectivity index (χ0) is 20.9. The molecule has 1 aromatic heterocycles. The van der Waals surface area contributed by atoms with Gasteiger partial charge in [-0.3, -0.25) is 19.0 Å². The number of aryl methyl sites for hydroxylation is 1. The molecule has 0 radical (unpaired) electrons. The van der Waals surface area contributed by atoms with Crippen LogP contribution in [0.2, 0.25) is 0 Å². The number of ether oxygens (including phenoxy) is 2. The van der Waals surface area contributed by atoms with Gasteiger partial charge in [-0.1, -0.05) is 6.42 Å². The van der Waals surface area contributed by atoms with Gasteiger partial charge in [-0.05, 0) is 53.4 Å². The van der Waals surface area contributed by atoms with Gasteiger partial charge in [-0.2, -0.15) is 0 Å². The standard InChI is InChI=1S/C20H31N3O5/c1-6-27-16(24)12-23-13(2)10-21-17(18(23)25)22-11-14-8-7-9-15(14)19(26)28-20(3,4)5/h10,14-15H,6-9,11-12H2,1-5H3,(H,21,22). The summed E-state index contributed by atoms with van der Waals surface area (Å²) in [4.78, 5) is 41.0. The molecule has 2 atom stereocenters. The summed E-state index contributed by atoms with van der Waals surface area (Å²) in [5, 5.41) is 3.07. The molecular weight excluding hydrogens is 362 g/mol. The van der Waals surface area contributed by atoms with Crippen LogP contribution in [0.5, 0.6) is 0 Å². The van der Waals surface area contributed by atoms with Crippen molar-refractivity contribution in [2.24, 2.45) is 11.8 Å². The highest BCUT2D eigenvalue weighted by atomic mass is 16.6. The molecular formula is C20H31N3O5. The maximum absolute atomic E-state index is 12.7. The van der Waals surface area contributed by atoms with Crippen LogP contribution in [-0.4, -0.2) is 40.2 Å². The molecule has 1 aliphatic rings. The second-order valence-corrected chi connectivity index (χ2v) is 8.16. The number of carbonyl (C=O) groups excluding carboxylic acids is 2. The Morgan fingerprint density at radius 3 is 2.68 bits per heavy atom. The van der Waals surface area contributed by atoms with Crippen molar-refractivity contribution in [3.05, 3.63) is 22.2 Å². The number of anilines is 1. The van der Waals surface area contributed by atoms with Crippen molar-refractivity contribution in [3.63, 3.8) is 0 Å². The number of carbonyl (C=O) groups is 2. The minimum atomic E-state index is -0.517. The van der Waals surface area contributed by atoms with E-state index in [9.17, 15) is 14.4 Å². The van der Waals surface area contributed by atoms with E-state index >= 15 is 0 Å². The van der Waals surface area contributed by atoms with E-state index in [4.69, 9.17) is 9.47 Å². The first-order valence-corrected chi connectivity index (χ1v) is 9.81. The number of hydrogen-bond donors (Lipinski definition) is 1. The smallest absolute Gasteiger partial charge is 0.326 e. The van der Waals surface area contributed by atoms with E-state index in [1.165, 1.54) is 4.57 Å². The summed E-state index contributed by atoms with van der Waals surface area (Å²) >= 11 is 0. The lowest BCUT2D eigenvalue weighted by molar-refractivity contribution is -0.161. The lowest BCUT2D eigenvalue weighted by Gasteiger charge is -2.25. The molecule has 0 amide bonds. The van der Waals surface area contributed by atoms with Crippen molar-refractivity contribution >= 4 is 17.8 Å². The topological polar surface area (TPSA) is 99.5 Å². The fourth-order valence-corrected chi connectivity index (χ4v) is 3.42. The number of nitrogens with one attached hydrogen (secondary N) is 1. The van der Waals surface area contributed by atoms with Crippen LogP contribution in [0.3, 0.4) is 0 Å². The van der Waals surface area contributed by atoms with Crippen molar-refractivity contribution in [1.29, 1.82) is 0 Å². The third kappa shape index (κ3) is 5.81. The highest BCUT2D eigenvalue weighted by molar-refractivity contribution is 5.73. The lowest BCUT2D eigenvalue weighted by Crippen LogP contribution is -2.34. The van der Waals surface area contributed by atoms with Crippen LogP contribution in [0.15, 0.2) is 11.0 Å². The fraction of sp³-hybridized carbons (Fsp3) is 0.700. The van der Waals surface area contributed by atoms with Gasteiger partial charge in [0, 0.05) is 18.4 Å². The Bertz CT molecular complexity index is 766.